The molecule has 0 atom stereocenters. The van der Waals surface area contributed by atoms with Crippen LogP contribution in [0.1, 0.15) is 28.7 Å². The van der Waals surface area contributed by atoms with Gasteiger partial charge in [-0.25, -0.2) is 4.79 Å². The predicted molar refractivity (Wildman–Crippen MR) is 90.4 cm³/mol. The Morgan fingerprint density at radius 3 is 2.30 bits per heavy atom. The zero-order chi connectivity index (χ0) is 17.2. The Morgan fingerprint density at radius 2 is 1.78 bits per heavy atom. The second-order valence-electron chi connectivity index (χ2n) is 5.22. The van der Waals surface area contributed by atoms with Gasteiger partial charge in [0.15, 0.2) is 0 Å². The van der Waals surface area contributed by atoms with E-state index in [1.807, 2.05) is 60.9 Å². The first-order valence-corrected chi connectivity index (χ1v) is 7.48. The molecule has 0 N–H and O–H groups in total. The van der Waals surface area contributed by atoms with Crippen molar-refractivity contribution >= 4 is 12.4 Å². The van der Waals surface area contributed by atoms with Gasteiger partial charge in [-0.2, -0.15) is 0 Å². The van der Waals surface area contributed by atoms with Gasteiger partial charge >= 0.3 is 5.97 Å². The Morgan fingerprint density at radius 1 is 1.17 bits per heavy atom. The molecule has 0 aliphatic carbocycles. The van der Waals surface area contributed by atoms with Crippen LogP contribution in [-0.4, -0.2) is 42.5 Å². The minimum Gasteiger partial charge on any atom is -0.461 e. The van der Waals surface area contributed by atoms with E-state index in [2.05, 4.69) is 0 Å². The molecule has 124 valence electrons. The number of carbonyl (C=O) groups is 2. The molecule has 2 rings (SSSR count). The number of hydrogen-bond donors (Lipinski definition) is 0. The number of esters is 1. The average molecular weight is 316 g/mol. The van der Waals surface area contributed by atoms with Gasteiger partial charge in [-0.1, -0.05) is 30.3 Å². The number of carbonyl (C=O) groups excluding carboxylic acids is 2. The van der Waals surface area contributed by atoms with Gasteiger partial charge in [-0.05, 0) is 31.5 Å². The minimum atomic E-state index is -0.262. The van der Waals surface area contributed by atoms with Crippen molar-refractivity contribution in [2.45, 2.75) is 20.4 Å². The first-order chi connectivity index (χ1) is 11.0. The highest BCUT2D eigenvalue weighted by molar-refractivity contribution is 5.88. The van der Waals surface area contributed by atoms with Crippen LogP contribution in [0.2, 0.25) is 0 Å². The quantitative estimate of drug-likeness (QED) is 0.629. The summed E-state index contributed by atoms with van der Waals surface area (Å²) in [5.74, 6) is -0.262. The van der Waals surface area contributed by atoms with Crippen LogP contribution in [0.5, 0.6) is 0 Å². The monoisotopic (exact) mass is 316 g/mol. The van der Waals surface area contributed by atoms with E-state index in [1.165, 1.54) is 10.5 Å². The highest BCUT2D eigenvalue weighted by Gasteiger charge is 2.14. The van der Waals surface area contributed by atoms with Gasteiger partial charge in [0.1, 0.15) is 5.69 Å². The molecular formula is C18H24N2O3. The van der Waals surface area contributed by atoms with Gasteiger partial charge in [-0.15, -0.1) is 0 Å². The lowest BCUT2D eigenvalue weighted by molar-refractivity contribution is -0.115. The van der Waals surface area contributed by atoms with Crippen LogP contribution in [0.4, 0.5) is 0 Å². The van der Waals surface area contributed by atoms with Crippen LogP contribution in [0.3, 0.4) is 0 Å². The van der Waals surface area contributed by atoms with Crippen LogP contribution in [0.25, 0.3) is 0 Å². The molecule has 0 spiro atoms. The van der Waals surface area contributed by atoms with Crippen LogP contribution in [0, 0.1) is 6.92 Å². The van der Waals surface area contributed by atoms with Crippen LogP contribution in [0.15, 0.2) is 42.5 Å². The maximum absolute atomic E-state index is 11.8. The van der Waals surface area contributed by atoms with Gasteiger partial charge in [-0.3, -0.25) is 4.79 Å². The molecule has 23 heavy (non-hydrogen) atoms. The number of nitrogens with zero attached hydrogens (tertiary/aromatic N) is 2. The van der Waals surface area contributed by atoms with Crippen LogP contribution >= 0.6 is 0 Å². The first-order valence-electron chi connectivity index (χ1n) is 7.48. The second-order valence-corrected chi connectivity index (χ2v) is 5.22. The highest BCUT2D eigenvalue weighted by Crippen LogP contribution is 2.13. The molecule has 1 aromatic carbocycles. The van der Waals surface area contributed by atoms with E-state index in [4.69, 9.17) is 4.74 Å². The lowest BCUT2D eigenvalue weighted by atomic mass is 10.2. The van der Waals surface area contributed by atoms with Crippen molar-refractivity contribution in [2.75, 3.05) is 20.7 Å². The Balaban J connectivity index is 0.000000463. The lowest BCUT2D eigenvalue weighted by Gasteiger charge is -2.11. The van der Waals surface area contributed by atoms with Gasteiger partial charge in [0.2, 0.25) is 6.41 Å². The summed E-state index contributed by atoms with van der Waals surface area (Å²) in [5, 5.41) is 0. The Labute approximate surface area is 137 Å². The van der Waals surface area contributed by atoms with Crippen molar-refractivity contribution in [3.05, 3.63) is 59.4 Å². The fraction of sp³-hybridized carbons (Fsp3) is 0.333. The molecule has 0 fully saturated rings. The molecule has 1 heterocycles. The highest BCUT2D eigenvalue weighted by atomic mass is 16.5. The molecule has 1 aromatic heterocycles. The van der Waals surface area contributed by atoms with E-state index in [0.29, 0.717) is 18.8 Å². The minimum absolute atomic E-state index is 0.262. The van der Waals surface area contributed by atoms with Gasteiger partial charge in [0.05, 0.1) is 6.61 Å². The summed E-state index contributed by atoms with van der Waals surface area (Å²) in [4.78, 5) is 22.7. The maximum Gasteiger partial charge on any atom is 0.354 e. The van der Waals surface area contributed by atoms with Crippen molar-refractivity contribution in [3.63, 3.8) is 0 Å². The van der Waals surface area contributed by atoms with E-state index in [-0.39, 0.29) is 5.97 Å². The summed E-state index contributed by atoms with van der Waals surface area (Å²) < 4.78 is 7.04. The zero-order valence-electron chi connectivity index (χ0n) is 14.2. The fourth-order valence-corrected chi connectivity index (χ4v) is 1.93. The van der Waals surface area contributed by atoms with Crippen molar-refractivity contribution in [2.24, 2.45) is 0 Å². The number of rotatable bonds is 5. The molecule has 5 nitrogen and oxygen atoms in total. The van der Waals surface area contributed by atoms with E-state index in [0.717, 1.165) is 12.1 Å². The summed E-state index contributed by atoms with van der Waals surface area (Å²) in [6, 6.07) is 13.8. The van der Waals surface area contributed by atoms with E-state index >= 15 is 0 Å². The van der Waals surface area contributed by atoms with Crippen molar-refractivity contribution in [1.82, 2.24) is 9.47 Å². The SMILES string of the molecule is CCOC(=O)c1ccc(C)n1Cc1ccccc1.CN(C)C=O. The smallest absolute Gasteiger partial charge is 0.354 e. The molecule has 0 saturated carbocycles. The number of amides is 1. The van der Waals surface area contributed by atoms with E-state index in [9.17, 15) is 9.59 Å². The normalized spacial score (nSPS) is 9.57. The Hall–Kier alpha value is -2.56. The number of benzene rings is 1. The molecule has 0 unspecified atom stereocenters. The van der Waals surface area contributed by atoms with Gasteiger partial charge in [0.25, 0.3) is 0 Å². The number of hydrogen-bond acceptors (Lipinski definition) is 3. The second kappa shape index (κ2) is 9.46. The Kier molecular flexibility index (Phi) is 7.60. The predicted octanol–water partition coefficient (Wildman–Crippen LogP) is 2.73. The third kappa shape index (κ3) is 5.98. The number of aromatic nitrogens is 1. The first kappa shape index (κ1) is 18.5. The molecule has 0 saturated heterocycles. The largest absolute Gasteiger partial charge is 0.461 e. The van der Waals surface area contributed by atoms with Crippen LogP contribution in [-0.2, 0) is 16.1 Å². The summed E-state index contributed by atoms with van der Waals surface area (Å²) in [5.41, 5.74) is 2.84. The average Bonchev–Trinajstić information content (AvgIpc) is 2.90. The van der Waals surface area contributed by atoms with Gasteiger partial charge < -0.3 is 14.2 Å². The molecular weight excluding hydrogens is 292 g/mol. The number of aryl methyl sites for hydroxylation is 1. The van der Waals surface area contributed by atoms with Crippen molar-refractivity contribution < 1.29 is 14.3 Å². The number of ether oxygens (including phenoxy) is 1. The van der Waals surface area contributed by atoms with Gasteiger partial charge in [0, 0.05) is 26.3 Å². The molecule has 5 heteroatoms. The molecule has 0 aliphatic rings. The molecule has 0 bridgehead atoms. The molecule has 1 amide bonds. The molecule has 0 aliphatic heterocycles. The van der Waals surface area contributed by atoms with E-state index in [1.54, 1.807) is 14.1 Å². The summed E-state index contributed by atoms with van der Waals surface area (Å²) in [6.45, 7) is 4.89. The van der Waals surface area contributed by atoms with Crippen LogP contribution < -0.4 is 0 Å². The van der Waals surface area contributed by atoms with Crippen molar-refractivity contribution in [1.29, 1.82) is 0 Å². The fourth-order valence-electron chi connectivity index (χ4n) is 1.93. The Bertz CT molecular complexity index is 618. The maximum atomic E-state index is 11.8. The van der Waals surface area contributed by atoms with Crippen molar-refractivity contribution in [3.8, 4) is 0 Å². The summed E-state index contributed by atoms with van der Waals surface area (Å²) in [6.07, 6.45) is 0.750. The standard InChI is InChI=1S/C15H17NO2.C3H7NO/c1-3-18-15(17)14-10-9-12(2)16(14)11-13-7-5-4-6-8-13;1-4(2)3-5/h4-10H,3,11H2,1-2H3;3H,1-2H3. The van der Waals surface area contributed by atoms with E-state index < -0.39 is 0 Å². The summed E-state index contributed by atoms with van der Waals surface area (Å²) in [7, 11) is 3.38. The lowest BCUT2D eigenvalue weighted by Crippen LogP contribution is -2.13. The third-order valence-corrected chi connectivity index (χ3v) is 3.08. The zero-order valence-corrected chi connectivity index (χ0v) is 14.2. The molecule has 2 aromatic rings. The third-order valence-electron chi connectivity index (χ3n) is 3.08. The topological polar surface area (TPSA) is 51.5 Å². The summed E-state index contributed by atoms with van der Waals surface area (Å²) >= 11 is 0. The molecule has 0 radical (unpaired) electrons.